The van der Waals surface area contributed by atoms with E-state index in [1.807, 2.05) is 6.07 Å². The van der Waals surface area contributed by atoms with E-state index in [1.54, 1.807) is 0 Å². The van der Waals surface area contributed by atoms with Gasteiger partial charge in [0.05, 0.1) is 5.69 Å². The second-order valence-corrected chi connectivity index (χ2v) is 5.57. The highest BCUT2D eigenvalue weighted by Crippen LogP contribution is 2.50. The molecule has 0 amide bonds. The van der Waals surface area contributed by atoms with Gasteiger partial charge in [0.25, 0.3) is 0 Å². The molecule has 0 bridgehead atoms. The smallest absolute Gasteiger partial charge is 0.166 e. The molecule has 1 aromatic carbocycles. The fraction of sp³-hybridized carbons (Fsp3) is 0.533. The fourth-order valence-corrected chi connectivity index (χ4v) is 4.05. The van der Waals surface area contributed by atoms with Gasteiger partial charge >= 0.3 is 0 Å². The Morgan fingerprint density at radius 3 is 3.00 bits per heavy atom. The molecule has 1 fully saturated rings. The first-order valence-corrected chi connectivity index (χ1v) is 6.79. The van der Waals surface area contributed by atoms with Gasteiger partial charge in [-0.2, -0.15) is 0 Å². The lowest BCUT2D eigenvalue weighted by Crippen LogP contribution is -2.39. The Labute approximate surface area is 102 Å². The first-order valence-electron chi connectivity index (χ1n) is 6.79. The molecule has 1 aromatic rings. The number of ketones is 1. The van der Waals surface area contributed by atoms with Crippen LogP contribution in [0.1, 0.15) is 53.9 Å². The average Bonchev–Trinajstić information content (AvgIpc) is 2.70. The van der Waals surface area contributed by atoms with Crippen molar-refractivity contribution in [3.05, 3.63) is 29.3 Å². The van der Waals surface area contributed by atoms with Gasteiger partial charge in [-0.25, -0.2) is 0 Å². The first-order chi connectivity index (χ1) is 8.36. The Morgan fingerprint density at radius 2 is 2.06 bits per heavy atom. The van der Waals surface area contributed by atoms with Crippen molar-refractivity contribution in [3.8, 4) is 0 Å². The van der Waals surface area contributed by atoms with Crippen LogP contribution in [0.15, 0.2) is 18.2 Å². The molecular weight excluding hydrogens is 210 g/mol. The highest BCUT2D eigenvalue weighted by atomic mass is 16.1. The summed E-state index contributed by atoms with van der Waals surface area (Å²) in [7, 11) is 0. The van der Waals surface area contributed by atoms with Crippen molar-refractivity contribution in [1.29, 1.82) is 0 Å². The van der Waals surface area contributed by atoms with Crippen molar-refractivity contribution in [1.82, 2.24) is 0 Å². The van der Waals surface area contributed by atoms with Crippen LogP contribution < -0.4 is 4.90 Å². The van der Waals surface area contributed by atoms with Gasteiger partial charge in [-0.1, -0.05) is 25.0 Å². The number of carbonyl (C=O) groups excluding carboxylic acids is 1. The molecule has 2 heterocycles. The van der Waals surface area contributed by atoms with Crippen molar-refractivity contribution in [2.45, 2.75) is 44.1 Å². The molecule has 2 unspecified atom stereocenters. The molecule has 0 radical (unpaired) electrons. The molecule has 3 aliphatic rings. The normalized spacial score (nSPS) is 30.1. The summed E-state index contributed by atoms with van der Waals surface area (Å²) in [6.07, 6.45) is 6.04. The van der Waals surface area contributed by atoms with E-state index in [9.17, 15) is 4.79 Å². The quantitative estimate of drug-likeness (QED) is 0.678. The standard InChI is InChI=1S/C15H17NO/c17-14-8-9-16-13-7-2-1-4-10(13)11-5-3-6-12(14)15(11)16/h3,5-6,10,13H,1-2,4,7-9H2. The van der Waals surface area contributed by atoms with Crippen molar-refractivity contribution < 1.29 is 4.79 Å². The average molecular weight is 227 g/mol. The van der Waals surface area contributed by atoms with Crippen LogP contribution >= 0.6 is 0 Å². The van der Waals surface area contributed by atoms with E-state index in [0.29, 0.717) is 24.2 Å². The molecule has 1 saturated carbocycles. The summed E-state index contributed by atoms with van der Waals surface area (Å²) in [5.74, 6) is 1.04. The summed E-state index contributed by atoms with van der Waals surface area (Å²) >= 11 is 0. The summed E-state index contributed by atoms with van der Waals surface area (Å²) in [5, 5.41) is 0. The summed E-state index contributed by atoms with van der Waals surface area (Å²) in [6, 6.07) is 7.03. The summed E-state index contributed by atoms with van der Waals surface area (Å²) < 4.78 is 0. The first kappa shape index (κ1) is 9.69. The predicted octanol–water partition coefficient (Wildman–Crippen LogP) is 3.12. The monoisotopic (exact) mass is 227 g/mol. The summed E-state index contributed by atoms with van der Waals surface area (Å²) in [4.78, 5) is 14.5. The van der Waals surface area contributed by atoms with Gasteiger partial charge in [-0.15, -0.1) is 0 Å². The summed E-state index contributed by atoms with van der Waals surface area (Å²) in [6.45, 7) is 0.948. The predicted molar refractivity (Wildman–Crippen MR) is 67.7 cm³/mol. The molecule has 17 heavy (non-hydrogen) atoms. The zero-order valence-electron chi connectivity index (χ0n) is 9.98. The molecule has 0 aromatic heterocycles. The topological polar surface area (TPSA) is 20.3 Å². The fourth-order valence-electron chi connectivity index (χ4n) is 4.05. The number of anilines is 1. The third-order valence-electron chi connectivity index (χ3n) is 4.76. The second kappa shape index (κ2) is 3.34. The van der Waals surface area contributed by atoms with Crippen LogP contribution in [-0.4, -0.2) is 18.4 Å². The maximum atomic E-state index is 12.0. The van der Waals surface area contributed by atoms with Crippen LogP contribution in [0.5, 0.6) is 0 Å². The Kier molecular flexibility index (Phi) is 1.91. The van der Waals surface area contributed by atoms with Gasteiger partial charge in [0.1, 0.15) is 0 Å². The van der Waals surface area contributed by atoms with Gasteiger partial charge in [0, 0.05) is 30.5 Å². The molecule has 0 saturated heterocycles. The molecule has 0 spiro atoms. The molecule has 4 rings (SSSR count). The maximum Gasteiger partial charge on any atom is 0.166 e. The van der Waals surface area contributed by atoms with Crippen LogP contribution in [-0.2, 0) is 0 Å². The number of para-hydroxylation sites is 1. The minimum atomic E-state index is 0.344. The number of rotatable bonds is 0. The van der Waals surface area contributed by atoms with E-state index in [4.69, 9.17) is 0 Å². The van der Waals surface area contributed by atoms with E-state index in [-0.39, 0.29) is 0 Å². The second-order valence-electron chi connectivity index (χ2n) is 5.57. The molecule has 1 aliphatic carbocycles. The van der Waals surface area contributed by atoms with Crippen molar-refractivity contribution in [2.75, 3.05) is 11.4 Å². The number of hydrogen-bond donors (Lipinski definition) is 0. The number of carbonyl (C=O) groups is 1. The third kappa shape index (κ3) is 1.18. The zero-order valence-corrected chi connectivity index (χ0v) is 9.98. The van der Waals surface area contributed by atoms with E-state index >= 15 is 0 Å². The maximum absolute atomic E-state index is 12.0. The number of hydrogen-bond acceptors (Lipinski definition) is 2. The Bertz CT molecular complexity index is 494. The van der Waals surface area contributed by atoms with E-state index < -0.39 is 0 Å². The number of fused-ring (bicyclic) bond motifs is 3. The zero-order chi connectivity index (χ0) is 11.4. The van der Waals surface area contributed by atoms with Crippen LogP contribution in [0.4, 0.5) is 5.69 Å². The molecule has 88 valence electrons. The van der Waals surface area contributed by atoms with Crippen LogP contribution in [0.2, 0.25) is 0 Å². The number of nitrogens with zero attached hydrogens (tertiary/aromatic N) is 1. The molecule has 2 aliphatic heterocycles. The molecular formula is C15H17NO. The Morgan fingerprint density at radius 1 is 1.18 bits per heavy atom. The molecule has 2 atom stereocenters. The van der Waals surface area contributed by atoms with Crippen LogP contribution in [0.25, 0.3) is 0 Å². The lowest BCUT2D eigenvalue weighted by molar-refractivity contribution is 0.0979. The Balaban J connectivity index is 1.92. The minimum Gasteiger partial charge on any atom is -0.367 e. The number of Topliss-reactive ketones (excluding diaryl/α,β-unsaturated/α-hetero) is 1. The van der Waals surface area contributed by atoms with Gasteiger partial charge in [-0.3, -0.25) is 4.79 Å². The van der Waals surface area contributed by atoms with Crippen LogP contribution in [0, 0.1) is 0 Å². The van der Waals surface area contributed by atoms with E-state index in [1.165, 1.54) is 36.9 Å². The van der Waals surface area contributed by atoms with Gasteiger partial charge in [0.15, 0.2) is 5.78 Å². The van der Waals surface area contributed by atoms with E-state index in [2.05, 4.69) is 17.0 Å². The van der Waals surface area contributed by atoms with Gasteiger partial charge in [-0.05, 0) is 24.5 Å². The van der Waals surface area contributed by atoms with Gasteiger partial charge in [0.2, 0.25) is 0 Å². The highest BCUT2D eigenvalue weighted by molar-refractivity contribution is 6.04. The Hall–Kier alpha value is -1.31. The lowest BCUT2D eigenvalue weighted by atomic mass is 9.82. The highest BCUT2D eigenvalue weighted by Gasteiger charge is 2.43. The van der Waals surface area contributed by atoms with Crippen molar-refractivity contribution >= 4 is 11.5 Å². The van der Waals surface area contributed by atoms with Crippen LogP contribution in [0.3, 0.4) is 0 Å². The minimum absolute atomic E-state index is 0.344. The molecule has 0 N–H and O–H groups in total. The third-order valence-corrected chi connectivity index (χ3v) is 4.76. The number of benzene rings is 1. The molecule has 2 nitrogen and oxygen atoms in total. The van der Waals surface area contributed by atoms with Crippen molar-refractivity contribution in [3.63, 3.8) is 0 Å². The van der Waals surface area contributed by atoms with Crippen molar-refractivity contribution in [2.24, 2.45) is 0 Å². The largest absolute Gasteiger partial charge is 0.367 e. The SMILES string of the molecule is O=C1CCN2c3c1cccc3C1CCCCC12. The molecule has 2 heteroatoms. The van der Waals surface area contributed by atoms with E-state index in [0.717, 1.165) is 12.1 Å². The van der Waals surface area contributed by atoms with Gasteiger partial charge < -0.3 is 4.90 Å². The summed E-state index contributed by atoms with van der Waals surface area (Å²) in [5.41, 5.74) is 3.74. The lowest BCUT2D eigenvalue weighted by Gasteiger charge is -2.35.